The molecule has 0 unspecified atom stereocenters. The first-order chi connectivity index (χ1) is 8.55. The second-order valence-electron chi connectivity index (χ2n) is 5.82. The van der Waals surface area contributed by atoms with Crippen LogP contribution in [-0.2, 0) is 10.0 Å². The molecule has 0 amide bonds. The molecule has 18 heavy (non-hydrogen) atoms. The van der Waals surface area contributed by atoms with Gasteiger partial charge in [-0.25, -0.2) is 12.7 Å². The maximum Gasteiger partial charge on any atom is 0.216 e. The Morgan fingerprint density at radius 2 is 1.78 bits per heavy atom. The molecule has 0 radical (unpaired) electrons. The molecule has 2 saturated carbocycles. The quantitative estimate of drug-likeness (QED) is 0.800. The number of hydrogen-bond donors (Lipinski definition) is 1. The van der Waals surface area contributed by atoms with Gasteiger partial charge in [-0.3, -0.25) is 0 Å². The van der Waals surface area contributed by atoms with E-state index >= 15 is 0 Å². The van der Waals surface area contributed by atoms with Crippen molar-refractivity contribution in [2.24, 2.45) is 5.92 Å². The molecule has 4 nitrogen and oxygen atoms in total. The van der Waals surface area contributed by atoms with Crippen molar-refractivity contribution in [3.05, 3.63) is 0 Å². The first kappa shape index (κ1) is 14.3. The summed E-state index contributed by atoms with van der Waals surface area (Å²) in [7, 11) is 0.676. The molecule has 0 aliphatic heterocycles. The Bertz CT molecular complexity index is 359. The van der Waals surface area contributed by atoms with Gasteiger partial charge in [0.25, 0.3) is 0 Å². The van der Waals surface area contributed by atoms with Crippen LogP contribution in [0.25, 0.3) is 0 Å². The number of sulfonamides is 1. The Morgan fingerprint density at radius 1 is 1.17 bits per heavy atom. The Hall–Kier alpha value is -0.130. The Labute approximate surface area is 111 Å². The number of nitrogens with zero attached hydrogens (tertiary/aromatic N) is 1. The van der Waals surface area contributed by atoms with Gasteiger partial charge in [0.05, 0.1) is 5.25 Å². The molecular formula is C13H26N2O2S. The van der Waals surface area contributed by atoms with Crippen LogP contribution in [0.2, 0.25) is 0 Å². The lowest BCUT2D eigenvalue weighted by Gasteiger charge is -2.32. The maximum absolute atomic E-state index is 12.1. The fraction of sp³-hybridized carbons (Fsp3) is 1.00. The average molecular weight is 274 g/mol. The van der Waals surface area contributed by atoms with Gasteiger partial charge in [0.1, 0.15) is 0 Å². The van der Waals surface area contributed by atoms with Crippen LogP contribution in [0.3, 0.4) is 0 Å². The third-order valence-corrected chi connectivity index (χ3v) is 6.76. The van der Waals surface area contributed by atoms with Crippen LogP contribution in [0.5, 0.6) is 0 Å². The fourth-order valence-corrected chi connectivity index (χ4v) is 4.62. The molecule has 106 valence electrons. The lowest BCUT2D eigenvalue weighted by atomic mass is 9.84. The number of likely N-dealkylation sites (N-methyl/N-ethyl adjacent to an activating group) is 2. The van der Waals surface area contributed by atoms with Crippen molar-refractivity contribution in [3.63, 3.8) is 0 Å². The topological polar surface area (TPSA) is 49.4 Å². The molecule has 1 atom stereocenters. The summed E-state index contributed by atoms with van der Waals surface area (Å²) in [5.41, 5.74) is 0. The van der Waals surface area contributed by atoms with E-state index in [2.05, 4.69) is 5.32 Å². The minimum atomic E-state index is -3.02. The summed E-state index contributed by atoms with van der Waals surface area (Å²) in [5, 5.41) is 3.24. The lowest BCUT2D eigenvalue weighted by Crippen LogP contribution is -2.46. The Morgan fingerprint density at radius 3 is 2.28 bits per heavy atom. The summed E-state index contributed by atoms with van der Waals surface area (Å²) in [5.74, 6) is 0.639. The van der Waals surface area contributed by atoms with E-state index in [0.29, 0.717) is 18.5 Å². The molecule has 2 rings (SSSR count). The SMILES string of the molecule is CN[C@H](CN(C)S(=O)(=O)C1CC1)C1CCCCC1. The van der Waals surface area contributed by atoms with Crippen molar-refractivity contribution in [1.29, 1.82) is 0 Å². The van der Waals surface area contributed by atoms with Crippen LogP contribution in [0, 0.1) is 5.92 Å². The summed E-state index contributed by atoms with van der Waals surface area (Å²) in [6.45, 7) is 0.625. The molecule has 0 aromatic carbocycles. The van der Waals surface area contributed by atoms with Gasteiger partial charge < -0.3 is 5.32 Å². The summed E-state index contributed by atoms with van der Waals surface area (Å²) in [6, 6.07) is 0.309. The van der Waals surface area contributed by atoms with E-state index in [4.69, 9.17) is 0 Å². The second-order valence-corrected chi connectivity index (χ2v) is 8.14. The van der Waals surface area contributed by atoms with Crippen LogP contribution < -0.4 is 5.32 Å². The van der Waals surface area contributed by atoms with E-state index in [-0.39, 0.29) is 5.25 Å². The van der Waals surface area contributed by atoms with Gasteiger partial charge in [-0.1, -0.05) is 19.3 Å². The predicted octanol–water partition coefficient (Wildman–Crippen LogP) is 1.58. The van der Waals surface area contributed by atoms with Gasteiger partial charge in [0.15, 0.2) is 0 Å². The largest absolute Gasteiger partial charge is 0.315 e. The highest BCUT2D eigenvalue weighted by Crippen LogP contribution is 2.31. The summed E-state index contributed by atoms with van der Waals surface area (Å²) in [6.07, 6.45) is 8.10. The van der Waals surface area contributed by atoms with E-state index in [0.717, 1.165) is 12.8 Å². The van der Waals surface area contributed by atoms with Crippen LogP contribution in [-0.4, -0.2) is 44.7 Å². The Kier molecular flexibility index (Phi) is 4.67. The minimum absolute atomic E-state index is 0.0913. The van der Waals surface area contributed by atoms with Gasteiger partial charge >= 0.3 is 0 Å². The standard InChI is InChI=1S/C13H26N2O2S/c1-14-13(11-6-4-3-5-7-11)10-15(2)18(16,17)12-8-9-12/h11-14H,3-10H2,1-2H3/t13-/m1/s1. The zero-order valence-electron chi connectivity index (χ0n) is 11.6. The molecule has 2 fully saturated rings. The number of rotatable bonds is 6. The number of nitrogens with one attached hydrogen (secondary N) is 1. The van der Waals surface area contributed by atoms with E-state index in [1.54, 1.807) is 11.4 Å². The highest BCUT2D eigenvalue weighted by atomic mass is 32.2. The summed E-state index contributed by atoms with van der Waals surface area (Å²) in [4.78, 5) is 0. The van der Waals surface area contributed by atoms with Crippen molar-refractivity contribution < 1.29 is 8.42 Å². The van der Waals surface area contributed by atoms with Crippen LogP contribution in [0.1, 0.15) is 44.9 Å². The van der Waals surface area contributed by atoms with Crippen molar-refractivity contribution in [2.75, 3.05) is 20.6 Å². The first-order valence-corrected chi connectivity index (χ1v) is 8.68. The van der Waals surface area contributed by atoms with Crippen molar-refractivity contribution in [2.45, 2.75) is 56.2 Å². The molecule has 0 aromatic heterocycles. The van der Waals surface area contributed by atoms with Crippen molar-refractivity contribution in [1.82, 2.24) is 9.62 Å². The van der Waals surface area contributed by atoms with E-state index in [9.17, 15) is 8.42 Å². The number of hydrogen-bond acceptors (Lipinski definition) is 3. The molecule has 2 aliphatic carbocycles. The first-order valence-electron chi connectivity index (χ1n) is 7.18. The average Bonchev–Trinajstić information content (AvgIpc) is 3.21. The predicted molar refractivity (Wildman–Crippen MR) is 74.0 cm³/mol. The van der Waals surface area contributed by atoms with Crippen LogP contribution in [0.4, 0.5) is 0 Å². The van der Waals surface area contributed by atoms with E-state index < -0.39 is 10.0 Å². The highest BCUT2D eigenvalue weighted by Gasteiger charge is 2.39. The summed E-state index contributed by atoms with van der Waals surface area (Å²) < 4.78 is 25.8. The molecule has 0 saturated heterocycles. The van der Waals surface area contributed by atoms with Gasteiger partial charge in [0.2, 0.25) is 10.0 Å². The molecule has 0 bridgehead atoms. The zero-order chi connectivity index (χ0) is 13.2. The Balaban J connectivity index is 1.92. The molecule has 1 N–H and O–H groups in total. The second kappa shape index (κ2) is 5.88. The third-order valence-electron chi connectivity index (χ3n) is 4.42. The van der Waals surface area contributed by atoms with Crippen LogP contribution in [0.15, 0.2) is 0 Å². The lowest BCUT2D eigenvalue weighted by molar-refractivity contribution is 0.251. The fourth-order valence-electron chi connectivity index (χ4n) is 3.01. The minimum Gasteiger partial charge on any atom is -0.315 e. The monoisotopic (exact) mass is 274 g/mol. The third kappa shape index (κ3) is 3.25. The normalized spacial score (nSPS) is 24.4. The zero-order valence-corrected chi connectivity index (χ0v) is 12.4. The van der Waals surface area contributed by atoms with Gasteiger partial charge in [-0.05, 0) is 38.6 Å². The molecule has 5 heteroatoms. The van der Waals surface area contributed by atoms with Crippen molar-refractivity contribution >= 4 is 10.0 Å². The molecular weight excluding hydrogens is 248 g/mol. The van der Waals surface area contributed by atoms with E-state index in [1.807, 2.05) is 7.05 Å². The highest BCUT2D eigenvalue weighted by molar-refractivity contribution is 7.90. The molecule has 2 aliphatic rings. The van der Waals surface area contributed by atoms with Gasteiger partial charge in [-0.2, -0.15) is 0 Å². The van der Waals surface area contributed by atoms with Crippen LogP contribution >= 0.6 is 0 Å². The maximum atomic E-state index is 12.1. The summed E-state index contributed by atoms with van der Waals surface area (Å²) >= 11 is 0. The van der Waals surface area contributed by atoms with E-state index in [1.165, 1.54) is 32.1 Å². The molecule has 0 heterocycles. The van der Waals surface area contributed by atoms with Gasteiger partial charge in [0, 0.05) is 19.6 Å². The van der Waals surface area contributed by atoms with Gasteiger partial charge in [-0.15, -0.1) is 0 Å². The smallest absolute Gasteiger partial charge is 0.216 e. The molecule has 0 aromatic rings. The molecule has 0 spiro atoms. The van der Waals surface area contributed by atoms with Crippen molar-refractivity contribution in [3.8, 4) is 0 Å².